The number of benzene rings is 1. The van der Waals surface area contributed by atoms with E-state index in [9.17, 15) is 4.79 Å². The average molecular weight is 273 g/mol. The summed E-state index contributed by atoms with van der Waals surface area (Å²) in [6.45, 7) is 3.50. The predicted octanol–water partition coefficient (Wildman–Crippen LogP) is 2.06. The van der Waals surface area contributed by atoms with Crippen molar-refractivity contribution in [2.75, 3.05) is 17.7 Å². The minimum absolute atomic E-state index is 0.0968. The van der Waals surface area contributed by atoms with Crippen molar-refractivity contribution < 1.29 is 14.1 Å². The second-order valence-electron chi connectivity index (χ2n) is 5.26. The molecule has 0 spiro atoms. The van der Waals surface area contributed by atoms with Crippen molar-refractivity contribution in [1.82, 2.24) is 5.16 Å². The first-order valence-electron chi connectivity index (χ1n) is 6.22. The molecule has 0 aliphatic carbocycles. The van der Waals surface area contributed by atoms with Gasteiger partial charge in [-0.3, -0.25) is 4.79 Å². The van der Waals surface area contributed by atoms with Crippen LogP contribution < -0.4 is 15.4 Å². The molecule has 1 aliphatic heterocycles. The maximum atomic E-state index is 12.2. The van der Waals surface area contributed by atoms with E-state index in [0.29, 0.717) is 17.0 Å². The van der Waals surface area contributed by atoms with E-state index >= 15 is 0 Å². The maximum absolute atomic E-state index is 12.2. The van der Waals surface area contributed by atoms with Crippen LogP contribution >= 0.6 is 0 Å². The zero-order valence-corrected chi connectivity index (χ0v) is 11.5. The minimum atomic E-state index is -0.862. The lowest BCUT2D eigenvalue weighted by atomic mass is 10.0. The van der Waals surface area contributed by atoms with Crippen molar-refractivity contribution in [3.05, 3.63) is 24.4 Å². The number of rotatable bonds is 1. The smallest absolute Gasteiger partial charge is 0.270 e. The van der Waals surface area contributed by atoms with Crippen LogP contribution in [0, 0.1) is 0 Å². The van der Waals surface area contributed by atoms with Gasteiger partial charge in [-0.05, 0) is 31.5 Å². The molecule has 1 aliphatic rings. The normalized spacial score (nSPS) is 16.8. The lowest BCUT2D eigenvalue weighted by molar-refractivity contribution is -0.132. The van der Waals surface area contributed by atoms with Crippen LogP contribution in [0.3, 0.4) is 0 Å². The van der Waals surface area contributed by atoms with E-state index in [-0.39, 0.29) is 11.8 Å². The Bertz CT molecular complexity index is 691. The van der Waals surface area contributed by atoms with Crippen LogP contribution in [0.1, 0.15) is 13.8 Å². The van der Waals surface area contributed by atoms with Crippen molar-refractivity contribution in [2.24, 2.45) is 0 Å². The molecule has 0 bridgehead atoms. The van der Waals surface area contributed by atoms with E-state index < -0.39 is 5.60 Å². The predicted molar refractivity (Wildman–Crippen MR) is 74.5 cm³/mol. The Balaban J connectivity index is 2.11. The van der Waals surface area contributed by atoms with E-state index in [0.717, 1.165) is 5.56 Å². The molecule has 104 valence electrons. The molecule has 1 aromatic heterocycles. The average Bonchev–Trinajstić information content (AvgIpc) is 2.82. The highest BCUT2D eigenvalue weighted by Crippen LogP contribution is 2.40. The number of carbonyl (C=O) groups excluding carboxylic acids is 1. The van der Waals surface area contributed by atoms with Crippen LogP contribution in [0.4, 0.5) is 11.6 Å². The SMILES string of the molecule is CN1C(=O)C(C)(C)Oc2ccc(-c3cnoc3N)cc21. The number of likely N-dealkylation sites (N-methyl/N-ethyl adjacent to an activating group) is 1. The van der Waals surface area contributed by atoms with Crippen molar-refractivity contribution in [3.63, 3.8) is 0 Å². The van der Waals surface area contributed by atoms with Crippen LogP contribution in [-0.4, -0.2) is 23.7 Å². The van der Waals surface area contributed by atoms with Crippen LogP contribution in [0.5, 0.6) is 5.75 Å². The molecule has 0 fully saturated rings. The number of amides is 1. The Kier molecular flexibility index (Phi) is 2.50. The molecular formula is C14H15N3O3. The third-order valence-electron chi connectivity index (χ3n) is 3.41. The van der Waals surface area contributed by atoms with Crippen LogP contribution in [-0.2, 0) is 4.79 Å². The fourth-order valence-electron chi connectivity index (χ4n) is 2.33. The molecular weight excluding hydrogens is 258 g/mol. The molecule has 6 nitrogen and oxygen atoms in total. The van der Waals surface area contributed by atoms with Gasteiger partial charge in [-0.15, -0.1) is 0 Å². The zero-order valence-electron chi connectivity index (χ0n) is 11.5. The fraction of sp³-hybridized carbons (Fsp3) is 0.286. The Morgan fingerprint density at radius 1 is 1.35 bits per heavy atom. The fourth-order valence-corrected chi connectivity index (χ4v) is 2.33. The third kappa shape index (κ3) is 1.72. The Morgan fingerprint density at radius 3 is 2.75 bits per heavy atom. The molecule has 1 amide bonds. The summed E-state index contributed by atoms with van der Waals surface area (Å²) < 4.78 is 10.6. The van der Waals surface area contributed by atoms with Crippen LogP contribution in [0.2, 0.25) is 0 Å². The number of hydrogen-bond acceptors (Lipinski definition) is 5. The number of aromatic nitrogens is 1. The van der Waals surface area contributed by atoms with Gasteiger partial charge in [-0.2, -0.15) is 0 Å². The molecule has 6 heteroatoms. The van der Waals surface area contributed by atoms with Gasteiger partial charge in [0.05, 0.1) is 17.4 Å². The van der Waals surface area contributed by atoms with Crippen molar-refractivity contribution >= 4 is 17.5 Å². The number of fused-ring (bicyclic) bond motifs is 1. The Morgan fingerprint density at radius 2 is 2.10 bits per heavy atom. The highest BCUT2D eigenvalue weighted by molar-refractivity contribution is 6.02. The lowest BCUT2D eigenvalue weighted by Gasteiger charge is -2.37. The first-order chi connectivity index (χ1) is 9.40. The number of ether oxygens (including phenoxy) is 1. The molecule has 2 aromatic rings. The number of nitrogens with zero attached hydrogens (tertiary/aromatic N) is 2. The van der Waals surface area contributed by atoms with Crippen LogP contribution in [0.25, 0.3) is 11.1 Å². The number of hydrogen-bond donors (Lipinski definition) is 1. The standard InChI is InChI=1S/C14H15N3O3/c1-14(2)13(18)17(3)10-6-8(4-5-11(10)19-14)9-7-16-20-12(9)15/h4-7H,15H2,1-3H3. The quantitative estimate of drug-likeness (QED) is 0.860. The van der Waals surface area contributed by atoms with Gasteiger partial charge in [0.15, 0.2) is 5.60 Å². The molecule has 20 heavy (non-hydrogen) atoms. The summed E-state index contributed by atoms with van der Waals surface area (Å²) in [4.78, 5) is 13.8. The topological polar surface area (TPSA) is 81.6 Å². The molecule has 3 rings (SSSR count). The number of anilines is 2. The molecule has 0 atom stereocenters. The molecule has 0 unspecified atom stereocenters. The van der Waals surface area contributed by atoms with Gasteiger partial charge in [-0.25, -0.2) is 0 Å². The van der Waals surface area contributed by atoms with E-state index in [4.69, 9.17) is 15.0 Å². The highest BCUT2D eigenvalue weighted by Gasteiger charge is 2.39. The summed E-state index contributed by atoms with van der Waals surface area (Å²) in [6, 6.07) is 5.52. The molecule has 2 heterocycles. The number of carbonyl (C=O) groups is 1. The van der Waals surface area contributed by atoms with E-state index in [1.165, 1.54) is 0 Å². The Hall–Kier alpha value is -2.50. The molecule has 2 N–H and O–H groups in total. The van der Waals surface area contributed by atoms with Gasteiger partial charge >= 0.3 is 0 Å². The molecule has 0 saturated carbocycles. The van der Waals surface area contributed by atoms with Gasteiger partial charge in [0.2, 0.25) is 5.88 Å². The van der Waals surface area contributed by atoms with Gasteiger partial charge in [0.1, 0.15) is 5.75 Å². The zero-order chi connectivity index (χ0) is 14.5. The molecule has 0 saturated heterocycles. The first kappa shape index (κ1) is 12.5. The summed E-state index contributed by atoms with van der Waals surface area (Å²) in [7, 11) is 1.73. The monoisotopic (exact) mass is 273 g/mol. The van der Waals surface area contributed by atoms with E-state index in [2.05, 4.69) is 5.16 Å². The number of nitrogen functional groups attached to an aromatic ring is 1. The largest absolute Gasteiger partial charge is 0.476 e. The minimum Gasteiger partial charge on any atom is -0.476 e. The summed E-state index contributed by atoms with van der Waals surface area (Å²) in [5.74, 6) is 0.812. The number of nitrogens with two attached hydrogens (primary N) is 1. The molecule has 0 radical (unpaired) electrons. The van der Waals surface area contributed by atoms with Gasteiger partial charge in [0.25, 0.3) is 5.91 Å². The van der Waals surface area contributed by atoms with Crippen molar-refractivity contribution in [3.8, 4) is 16.9 Å². The lowest BCUT2D eigenvalue weighted by Crippen LogP contribution is -2.50. The first-order valence-corrected chi connectivity index (χ1v) is 6.22. The second kappa shape index (κ2) is 4.00. The maximum Gasteiger partial charge on any atom is 0.270 e. The van der Waals surface area contributed by atoms with Gasteiger partial charge in [-0.1, -0.05) is 11.2 Å². The third-order valence-corrected chi connectivity index (χ3v) is 3.41. The van der Waals surface area contributed by atoms with Crippen molar-refractivity contribution in [1.29, 1.82) is 0 Å². The van der Waals surface area contributed by atoms with E-state index in [1.807, 2.05) is 18.2 Å². The summed E-state index contributed by atoms with van der Waals surface area (Å²) in [5.41, 5.74) is 7.07. The second-order valence-corrected chi connectivity index (χ2v) is 5.26. The van der Waals surface area contributed by atoms with Gasteiger partial charge < -0.3 is 19.9 Å². The van der Waals surface area contributed by atoms with Gasteiger partial charge in [0, 0.05) is 7.05 Å². The van der Waals surface area contributed by atoms with Crippen LogP contribution in [0.15, 0.2) is 28.9 Å². The summed E-state index contributed by atoms with van der Waals surface area (Å²) >= 11 is 0. The van der Waals surface area contributed by atoms with E-state index in [1.54, 1.807) is 32.0 Å². The Labute approximate surface area is 116 Å². The molecule has 1 aromatic carbocycles. The summed E-state index contributed by atoms with van der Waals surface area (Å²) in [5, 5.41) is 3.66. The van der Waals surface area contributed by atoms with Crippen molar-refractivity contribution in [2.45, 2.75) is 19.4 Å². The summed E-state index contributed by atoms with van der Waals surface area (Å²) in [6.07, 6.45) is 1.55. The highest BCUT2D eigenvalue weighted by atomic mass is 16.5.